The van der Waals surface area contributed by atoms with Crippen molar-refractivity contribution in [1.29, 1.82) is 0 Å². The van der Waals surface area contributed by atoms with Crippen LogP contribution in [0.1, 0.15) is 54.8 Å². The molecule has 1 heterocycles. The maximum absolute atomic E-state index is 12.5. The van der Waals surface area contributed by atoms with E-state index >= 15 is 0 Å². The molecular weight excluding hydrogens is 320 g/mol. The summed E-state index contributed by atoms with van der Waals surface area (Å²) in [6.45, 7) is 7.29. The van der Waals surface area contributed by atoms with E-state index in [4.69, 9.17) is 4.74 Å². The average molecular weight is 344 g/mol. The van der Waals surface area contributed by atoms with Gasteiger partial charge in [0.1, 0.15) is 5.60 Å². The topological polar surface area (TPSA) is 75.7 Å². The van der Waals surface area contributed by atoms with Crippen molar-refractivity contribution in [3.63, 3.8) is 0 Å². The van der Waals surface area contributed by atoms with E-state index in [0.29, 0.717) is 17.5 Å². The van der Waals surface area contributed by atoms with Crippen LogP contribution in [0.25, 0.3) is 0 Å². The molecule has 0 fully saturated rings. The smallest absolute Gasteiger partial charge is 0.407 e. The van der Waals surface area contributed by atoms with Crippen molar-refractivity contribution in [2.45, 2.75) is 45.8 Å². The van der Waals surface area contributed by atoms with Gasteiger partial charge < -0.3 is 10.1 Å². The Morgan fingerprint density at radius 3 is 2.24 bits per heavy atom. The van der Waals surface area contributed by atoms with E-state index in [-0.39, 0.29) is 18.4 Å². The van der Waals surface area contributed by atoms with Gasteiger partial charge in [-0.3, -0.25) is 14.5 Å². The van der Waals surface area contributed by atoms with E-state index in [2.05, 4.69) is 5.32 Å². The molecule has 0 saturated carbocycles. The number of nitrogens with one attached hydrogen (secondary N) is 1. The number of ether oxygens (including phenoxy) is 1. The summed E-state index contributed by atoms with van der Waals surface area (Å²) in [4.78, 5) is 38.2. The summed E-state index contributed by atoms with van der Waals surface area (Å²) in [5, 5.41) is 2.74. The van der Waals surface area contributed by atoms with E-state index in [1.807, 2.05) is 19.1 Å². The monoisotopic (exact) mass is 344 g/mol. The highest BCUT2D eigenvalue weighted by atomic mass is 16.6. The lowest BCUT2D eigenvalue weighted by atomic mass is 10.1. The molecule has 0 aliphatic carbocycles. The zero-order chi connectivity index (χ0) is 18.6. The molecule has 1 N–H and O–H groups in total. The Kier molecular flexibility index (Phi) is 5.62. The van der Waals surface area contributed by atoms with Gasteiger partial charge in [-0.1, -0.05) is 24.3 Å². The van der Waals surface area contributed by atoms with E-state index in [9.17, 15) is 14.4 Å². The molecule has 0 aromatic heterocycles. The first-order chi connectivity index (χ1) is 11.7. The zero-order valence-electron chi connectivity index (χ0n) is 15.0. The number of rotatable bonds is 5. The Balaban J connectivity index is 2.11. The van der Waals surface area contributed by atoms with Gasteiger partial charge in [-0.2, -0.15) is 0 Å². The maximum Gasteiger partial charge on any atom is 0.407 e. The lowest BCUT2D eigenvalue weighted by Crippen LogP contribution is -2.47. The predicted octanol–water partition coefficient (Wildman–Crippen LogP) is 3.14. The minimum atomic E-state index is -0.620. The van der Waals surface area contributed by atoms with Crippen molar-refractivity contribution in [3.8, 4) is 0 Å². The summed E-state index contributed by atoms with van der Waals surface area (Å²) < 4.78 is 5.27. The molecular formula is C19H24N2O4. The molecule has 0 bridgehead atoms. The predicted molar refractivity (Wildman–Crippen MR) is 94.4 cm³/mol. The summed E-state index contributed by atoms with van der Waals surface area (Å²) in [6, 6.07) is 6.30. The van der Waals surface area contributed by atoms with E-state index in [1.165, 1.54) is 4.90 Å². The molecule has 3 amide bonds. The second kappa shape index (κ2) is 7.51. The van der Waals surface area contributed by atoms with Gasteiger partial charge >= 0.3 is 6.09 Å². The molecule has 25 heavy (non-hydrogen) atoms. The molecule has 0 saturated heterocycles. The van der Waals surface area contributed by atoms with Gasteiger partial charge in [-0.25, -0.2) is 4.79 Å². The Morgan fingerprint density at radius 1 is 1.20 bits per heavy atom. The molecule has 6 nitrogen and oxygen atoms in total. The van der Waals surface area contributed by atoms with Gasteiger partial charge in [0.25, 0.3) is 11.8 Å². The van der Waals surface area contributed by atoms with Crippen molar-refractivity contribution in [2.24, 2.45) is 0 Å². The highest BCUT2D eigenvalue weighted by molar-refractivity contribution is 6.21. The number of benzene rings is 1. The van der Waals surface area contributed by atoms with Crippen LogP contribution in [0.2, 0.25) is 0 Å². The summed E-state index contributed by atoms with van der Waals surface area (Å²) in [6.07, 6.45) is 3.65. The molecule has 2 rings (SSSR count). The highest BCUT2D eigenvalue weighted by Crippen LogP contribution is 2.23. The van der Waals surface area contributed by atoms with Gasteiger partial charge in [0.05, 0.1) is 17.2 Å². The largest absolute Gasteiger partial charge is 0.444 e. The van der Waals surface area contributed by atoms with E-state index in [1.54, 1.807) is 45.0 Å². The zero-order valence-corrected chi connectivity index (χ0v) is 15.0. The van der Waals surface area contributed by atoms with Crippen LogP contribution in [-0.2, 0) is 4.74 Å². The Labute approximate surface area is 147 Å². The lowest BCUT2D eigenvalue weighted by Gasteiger charge is -2.25. The molecule has 1 aromatic carbocycles. The van der Waals surface area contributed by atoms with Crippen LogP contribution in [0.4, 0.5) is 4.79 Å². The SMILES string of the molecule is C/C=C/CC(CN1C(=O)c2ccccc2C1=O)NC(=O)OC(C)(C)C. The van der Waals surface area contributed by atoms with Crippen LogP contribution < -0.4 is 5.32 Å². The van der Waals surface area contributed by atoms with Gasteiger partial charge in [-0.05, 0) is 46.2 Å². The molecule has 1 aromatic rings. The third kappa shape index (κ3) is 4.68. The number of imide groups is 1. The van der Waals surface area contributed by atoms with Gasteiger partial charge in [0, 0.05) is 6.54 Å². The molecule has 134 valence electrons. The number of nitrogens with zero attached hydrogens (tertiary/aromatic N) is 1. The van der Waals surface area contributed by atoms with Gasteiger partial charge in [0.15, 0.2) is 0 Å². The van der Waals surface area contributed by atoms with E-state index < -0.39 is 17.7 Å². The number of allylic oxidation sites excluding steroid dienone is 1. The number of fused-ring (bicyclic) bond motifs is 1. The number of carbonyl (C=O) groups is 3. The molecule has 1 unspecified atom stereocenters. The Morgan fingerprint density at radius 2 is 1.76 bits per heavy atom. The second-order valence-corrected chi connectivity index (χ2v) is 6.91. The van der Waals surface area contributed by atoms with Gasteiger partial charge in [0.2, 0.25) is 0 Å². The van der Waals surface area contributed by atoms with Crippen molar-refractivity contribution < 1.29 is 19.1 Å². The normalized spacial score (nSPS) is 15.4. The van der Waals surface area contributed by atoms with Crippen LogP contribution in [0, 0.1) is 0 Å². The fourth-order valence-corrected chi connectivity index (χ4v) is 2.58. The summed E-state index contributed by atoms with van der Waals surface area (Å²) in [7, 11) is 0. The summed E-state index contributed by atoms with van der Waals surface area (Å²) in [5.41, 5.74) is 0.175. The number of amides is 3. The van der Waals surface area contributed by atoms with Crippen molar-refractivity contribution in [2.75, 3.05) is 6.54 Å². The maximum atomic E-state index is 12.5. The van der Waals surface area contributed by atoms with Crippen LogP contribution in [-0.4, -0.2) is 41.0 Å². The number of hydrogen-bond donors (Lipinski definition) is 1. The molecule has 0 radical (unpaired) electrons. The van der Waals surface area contributed by atoms with Crippen molar-refractivity contribution in [3.05, 3.63) is 47.5 Å². The summed E-state index contributed by atoms with van der Waals surface area (Å²) >= 11 is 0. The standard InChI is InChI=1S/C19H24N2O4/c1-5-6-9-13(20-18(24)25-19(2,3)4)12-21-16(22)14-10-7-8-11-15(14)17(21)23/h5-8,10-11,13H,9,12H2,1-4H3,(H,20,24)/b6-5+. The third-order valence-electron chi connectivity index (χ3n) is 3.66. The summed E-state index contributed by atoms with van der Waals surface area (Å²) in [5.74, 6) is -0.672. The van der Waals surface area contributed by atoms with Crippen molar-refractivity contribution in [1.82, 2.24) is 10.2 Å². The minimum absolute atomic E-state index is 0.0932. The van der Waals surface area contributed by atoms with Crippen LogP contribution in [0.5, 0.6) is 0 Å². The first kappa shape index (κ1) is 18.7. The Hall–Kier alpha value is -2.63. The molecule has 6 heteroatoms. The van der Waals surface area contributed by atoms with Crippen molar-refractivity contribution >= 4 is 17.9 Å². The number of hydrogen-bond acceptors (Lipinski definition) is 4. The number of carbonyl (C=O) groups excluding carboxylic acids is 3. The van der Waals surface area contributed by atoms with E-state index in [0.717, 1.165) is 0 Å². The molecule has 1 aliphatic rings. The molecule has 1 atom stereocenters. The minimum Gasteiger partial charge on any atom is -0.444 e. The Bertz CT molecular complexity index is 669. The van der Waals surface area contributed by atoms with Gasteiger partial charge in [-0.15, -0.1) is 0 Å². The average Bonchev–Trinajstić information content (AvgIpc) is 2.76. The number of alkyl carbamates (subject to hydrolysis) is 1. The quantitative estimate of drug-likeness (QED) is 0.658. The highest BCUT2D eigenvalue weighted by Gasteiger charge is 2.36. The van der Waals surface area contributed by atoms with Crippen LogP contribution in [0.3, 0.4) is 0 Å². The first-order valence-electron chi connectivity index (χ1n) is 8.29. The first-order valence-corrected chi connectivity index (χ1v) is 8.29. The fraction of sp³-hybridized carbons (Fsp3) is 0.421. The fourth-order valence-electron chi connectivity index (χ4n) is 2.58. The second-order valence-electron chi connectivity index (χ2n) is 6.91. The molecule has 0 spiro atoms. The molecule has 1 aliphatic heterocycles. The van der Waals surface area contributed by atoms with Crippen LogP contribution >= 0.6 is 0 Å². The third-order valence-corrected chi connectivity index (χ3v) is 3.66. The van der Waals surface area contributed by atoms with Crippen LogP contribution in [0.15, 0.2) is 36.4 Å². The lowest BCUT2D eigenvalue weighted by molar-refractivity contribution is 0.0469.